The number of carbonyl (C=O) groups excluding carboxylic acids is 2. The van der Waals surface area contributed by atoms with E-state index in [1.807, 2.05) is 11.4 Å². The summed E-state index contributed by atoms with van der Waals surface area (Å²) in [5.74, 6) is -5.60. The number of ether oxygens (including phenoxy) is 1. The summed E-state index contributed by atoms with van der Waals surface area (Å²) in [6.45, 7) is -0.468. The SMILES string of the molecule is N#CCCOC(=O)C1C(c2cccc(C#N)c2)C2=C(CCCC2=O)NC1(O)C(F)(F)F. The number of halogens is 3. The Morgan fingerprint density at radius 3 is 2.71 bits per heavy atom. The number of hydrogen-bond acceptors (Lipinski definition) is 7. The number of esters is 1. The molecule has 1 aliphatic carbocycles. The van der Waals surface area contributed by atoms with Crippen LogP contribution in [0.3, 0.4) is 0 Å². The van der Waals surface area contributed by atoms with Crippen LogP contribution in [0.15, 0.2) is 35.5 Å². The normalized spacial score (nSPS) is 25.7. The van der Waals surface area contributed by atoms with Crippen molar-refractivity contribution in [1.82, 2.24) is 5.32 Å². The van der Waals surface area contributed by atoms with Crippen molar-refractivity contribution in [1.29, 1.82) is 10.5 Å². The molecular weight excluding hydrogens is 415 g/mol. The van der Waals surface area contributed by atoms with Gasteiger partial charge in [0.15, 0.2) is 5.78 Å². The molecular formula is C21H18F3N3O4. The number of carbonyl (C=O) groups is 2. The molecule has 0 saturated carbocycles. The first-order chi connectivity index (χ1) is 14.6. The van der Waals surface area contributed by atoms with Gasteiger partial charge in [0.1, 0.15) is 12.5 Å². The first-order valence-electron chi connectivity index (χ1n) is 9.51. The maximum Gasteiger partial charge on any atom is 0.437 e. The molecule has 0 spiro atoms. The molecule has 3 unspecified atom stereocenters. The fraction of sp³-hybridized carbons (Fsp3) is 0.429. The molecule has 2 aliphatic rings. The number of allylic oxidation sites excluding steroid dienone is 2. The highest BCUT2D eigenvalue weighted by Crippen LogP contribution is 2.51. The van der Waals surface area contributed by atoms with Gasteiger partial charge in [-0.1, -0.05) is 12.1 Å². The van der Waals surface area contributed by atoms with Gasteiger partial charge < -0.3 is 15.2 Å². The maximum atomic E-state index is 14.1. The summed E-state index contributed by atoms with van der Waals surface area (Å²) < 4.78 is 47.1. The highest BCUT2D eigenvalue weighted by Gasteiger charge is 2.67. The summed E-state index contributed by atoms with van der Waals surface area (Å²) in [6, 6.07) is 9.12. The summed E-state index contributed by atoms with van der Waals surface area (Å²) >= 11 is 0. The molecule has 0 aromatic heterocycles. The van der Waals surface area contributed by atoms with E-state index in [2.05, 4.69) is 0 Å². The fourth-order valence-corrected chi connectivity index (χ4v) is 4.07. The molecule has 2 N–H and O–H groups in total. The third-order valence-corrected chi connectivity index (χ3v) is 5.41. The molecule has 0 radical (unpaired) electrons. The Morgan fingerprint density at radius 2 is 2.06 bits per heavy atom. The Morgan fingerprint density at radius 1 is 1.32 bits per heavy atom. The van der Waals surface area contributed by atoms with Crippen molar-refractivity contribution in [2.75, 3.05) is 6.61 Å². The van der Waals surface area contributed by atoms with E-state index in [4.69, 9.17) is 10.00 Å². The van der Waals surface area contributed by atoms with Crippen molar-refractivity contribution in [2.24, 2.45) is 5.92 Å². The second-order valence-electron chi connectivity index (χ2n) is 7.33. The monoisotopic (exact) mass is 433 g/mol. The van der Waals surface area contributed by atoms with E-state index >= 15 is 0 Å². The zero-order valence-electron chi connectivity index (χ0n) is 16.2. The van der Waals surface area contributed by atoms with Crippen LogP contribution < -0.4 is 5.32 Å². The average molecular weight is 433 g/mol. The molecule has 1 aliphatic heterocycles. The van der Waals surface area contributed by atoms with Crippen LogP contribution in [0.2, 0.25) is 0 Å². The largest absolute Gasteiger partial charge is 0.464 e. The Kier molecular flexibility index (Phi) is 6.05. The third-order valence-electron chi connectivity index (χ3n) is 5.41. The van der Waals surface area contributed by atoms with Crippen LogP contribution in [0.4, 0.5) is 13.2 Å². The molecule has 0 fully saturated rings. The number of nitrogens with one attached hydrogen (secondary N) is 1. The topological polar surface area (TPSA) is 123 Å². The molecule has 3 atom stereocenters. The number of alkyl halides is 3. The number of rotatable bonds is 4. The zero-order chi connectivity index (χ0) is 22.8. The number of aliphatic hydroxyl groups is 1. The highest BCUT2D eigenvalue weighted by atomic mass is 19.4. The number of nitrogens with zero attached hydrogens (tertiary/aromatic N) is 2. The maximum absolute atomic E-state index is 14.1. The molecule has 1 aromatic rings. The van der Waals surface area contributed by atoms with Gasteiger partial charge in [-0.25, -0.2) is 0 Å². The van der Waals surface area contributed by atoms with E-state index in [0.29, 0.717) is 6.42 Å². The Balaban J connectivity index is 2.24. The Labute approximate surface area is 175 Å². The van der Waals surface area contributed by atoms with E-state index < -0.39 is 42.1 Å². The predicted molar refractivity (Wildman–Crippen MR) is 98.6 cm³/mol. The van der Waals surface area contributed by atoms with Gasteiger partial charge >= 0.3 is 12.1 Å². The van der Waals surface area contributed by atoms with Crippen molar-refractivity contribution < 1.29 is 32.6 Å². The van der Waals surface area contributed by atoms with Crippen molar-refractivity contribution >= 4 is 11.8 Å². The predicted octanol–water partition coefficient (Wildman–Crippen LogP) is 2.58. The van der Waals surface area contributed by atoms with Gasteiger partial charge in [0.2, 0.25) is 5.72 Å². The van der Waals surface area contributed by atoms with Crippen LogP contribution in [0.1, 0.15) is 42.7 Å². The number of hydrogen-bond donors (Lipinski definition) is 2. The number of Topliss-reactive ketones (excluding diaryl/α,β-unsaturated/α-hetero) is 1. The molecule has 7 nitrogen and oxygen atoms in total. The third kappa shape index (κ3) is 3.99. The minimum Gasteiger partial charge on any atom is -0.464 e. The van der Waals surface area contributed by atoms with Gasteiger partial charge in [-0.15, -0.1) is 0 Å². The number of nitriles is 2. The highest BCUT2D eigenvalue weighted by molar-refractivity contribution is 6.00. The van der Waals surface area contributed by atoms with Gasteiger partial charge in [0.25, 0.3) is 0 Å². The number of ketones is 1. The second kappa shape index (κ2) is 8.40. The summed E-state index contributed by atoms with van der Waals surface area (Å²) in [5.41, 5.74) is -3.59. The smallest absolute Gasteiger partial charge is 0.437 e. The van der Waals surface area contributed by atoms with E-state index in [-0.39, 0.29) is 41.7 Å². The molecule has 1 aromatic carbocycles. The average Bonchev–Trinajstić information content (AvgIpc) is 2.72. The number of benzene rings is 1. The van der Waals surface area contributed by atoms with Crippen molar-refractivity contribution in [3.05, 3.63) is 46.7 Å². The van der Waals surface area contributed by atoms with Gasteiger partial charge in [-0.05, 0) is 30.5 Å². The van der Waals surface area contributed by atoms with Crippen LogP contribution in [0.5, 0.6) is 0 Å². The molecule has 0 saturated heterocycles. The summed E-state index contributed by atoms with van der Waals surface area (Å²) in [6.07, 6.45) is -5.09. The lowest BCUT2D eigenvalue weighted by molar-refractivity contribution is -0.293. The van der Waals surface area contributed by atoms with Gasteiger partial charge in [-0.2, -0.15) is 23.7 Å². The van der Waals surface area contributed by atoms with E-state index in [9.17, 15) is 33.1 Å². The first kappa shape index (κ1) is 22.3. The quantitative estimate of drug-likeness (QED) is 0.553. The molecule has 0 amide bonds. The van der Waals surface area contributed by atoms with Crippen molar-refractivity contribution in [2.45, 2.75) is 43.5 Å². The fourth-order valence-electron chi connectivity index (χ4n) is 4.07. The first-order valence-corrected chi connectivity index (χ1v) is 9.51. The van der Waals surface area contributed by atoms with Crippen LogP contribution in [-0.2, 0) is 14.3 Å². The molecule has 0 bridgehead atoms. The molecule has 1 heterocycles. The Bertz CT molecular complexity index is 1020. The van der Waals surface area contributed by atoms with Gasteiger partial charge in [0, 0.05) is 23.6 Å². The van der Waals surface area contributed by atoms with Crippen LogP contribution in [0.25, 0.3) is 0 Å². The summed E-state index contributed by atoms with van der Waals surface area (Å²) in [7, 11) is 0. The molecule has 3 rings (SSSR count). The summed E-state index contributed by atoms with van der Waals surface area (Å²) in [5, 5.41) is 30.6. The molecule has 31 heavy (non-hydrogen) atoms. The molecule has 10 heteroatoms. The molecule has 162 valence electrons. The van der Waals surface area contributed by atoms with Crippen LogP contribution >= 0.6 is 0 Å². The lowest BCUT2D eigenvalue weighted by atomic mass is 9.68. The lowest BCUT2D eigenvalue weighted by Gasteiger charge is -2.47. The minimum atomic E-state index is -5.30. The minimum absolute atomic E-state index is 0.0301. The van der Waals surface area contributed by atoms with Gasteiger partial charge in [-0.3, -0.25) is 9.59 Å². The van der Waals surface area contributed by atoms with Gasteiger partial charge in [0.05, 0.1) is 24.1 Å². The lowest BCUT2D eigenvalue weighted by Crippen LogP contribution is -2.67. The Hall–Kier alpha value is -3.37. The van der Waals surface area contributed by atoms with Crippen LogP contribution in [-0.4, -0.2) is 35.4 Å². The summed E-state index contributed by atoms with van der Waals surface area (Å²) in [4.78, 5) is 25.6. The zero-order valence-corrected chi connectivity index (χ0v) is 16.2. The van der Waals surface area contributed by atoms with Crippen molar-refractivity contribution in [3.8, 4) is 12.1 Å². The van der Waals surface area contributed by atoms with Crippen LogP contribution in [0, 0.1) is 28.6 Å². The van der Waals surface area contributed by atoms with Crippen molar-refractivity contribution in [3.63, 3.8) is 0 Å². The standard InChI is InChI=1S/C21H18F3N3O4/c22-21(23,24)20(30)18(19(29)31-9-3-8-25)16(13-5-1-4-12(10-13)11-26)17-14(27-20)6-2-7-15(17)28/h1,4-5,10,16,18,27,30H,2-3,6-7,9H2. The van der Waals surface area contributed by atoms with E-state index in [1.54, 1.807) is 6.07 Å². The van der Waals surface area contributed by atoms with E-state index in [0.717, 1.165) is 0 Å². The second-order valence-corrected chi connectivity index (χ2v) is 7.33. The van der Waals surface area contributed by atoms with E-state index in [1.165, 1.54) is 24.3 Å².